The monoisotopic (exact) mass is 255 g/mol. The molecule has 0 aromatic rings. The lowest BCUT2D eigenvalue weighted by molar-refractivity contribution is -0.117. The van der Waals surface area contributed by atoms with E-state index in [9.17, 15) is 9.59 Å². The van der Waals surface area contributed by atoms with E-state index in [2.05, 4.69) is 6.92 Å². The van der Waals surface area contributed by atoms with Gasteiger partial charge in [0.25, 0.3) is 0 Å². The van der Waals surface area contributed by atoms with Gasteiger partial charge in [0.15, 0.2) is 5.78 Å². The highest BCUT2D eigenvalue weighted by Crippen LogP contribution is 2.35. The lowest BCUT2D eigenvalue weighted by Gasteiger charge is -2.20. The Hall–Kier alpha value is -1.06. The Bertz CT molecular complexity index is 319. The third-order valence-electron chi connectivity index (χ3n) is 3.06. The fourth-order valence-corrected chi connectivity index (χ4v) is 2.21. The van der Waals surface area contributed by atoms with Crippen LogP contribution in [0.3, 0.4) is 0 Å². The van der Waals surface area contributed by atoms with Gasteiger partial charge in [0.2, 0.25) is 0 Å². The Kier molecular flexibility index (Phi) is 4.77. The van der Waals surface area contributed by atoms with E-state index in [1.54, 1.807) is 11.8 Å². The van der Waals surface area contributed by atoms with Crippen LogP contribution in [0.2, 0.25) is 0 Å². The summed E-state index contributed by atoms with van der Waals surface area (Å²) in [6, 6.07) is -0.194. The van der Waals surface area contributed by atoms with Gasteiger partial charge < -0.3 is 4.74 Å². The molecule has 1 amide bonds. The molecule has 1 aliphatic heterocycles. The third kappa shape index (κ3) is 4.00. The molecule has 1 aliphatic rings. The summed E-state index contributed by atoms with van der Waals surface area (Å²) in [6.07, 6.45) is 3.89. The van der Waals surface area contributed by atoms with E-state index in [0.717, 1.165) is 25.7 Å². The lowest BCUT2D eigenvalue weighted by Crippen LogP contribution is -2.29. The maximum Gasteiger partial charge on any atom is 0.411 e. The van der Waals surface area contributed by atoms with Crippen LogP contribution in [0, 0.1) is 0 Å². The van der Waals surface area contributed by atoms with Gasteiger partial charge in [0.1, 0.15) is 11.6 Å². The van der Waals surface area contributed by atoms with Crippen LogP contribution in [0.1, 0.15) is 60.3 Å². The van der Waals surface area contributed by atoms with E-state index in [1.807, 2.05) is 20.8 Å². The summed E-state index contributed by atoms with van der Waals surface area (Å²) in [4.78, 5) is 25.0. The third-order valence-corrected chi connectivity index (χ3v) is 3.06. The predicted molar refractivity (Wildman–Crippen MR) is 70.5 cm³/mol. The number of hydrogen-bond donors (Lipinski definition) is 0. The van der Waals surface area contributed by atoms with E-state index < -0.39 is 5.60 Å². The van der Waals surface area contributed by atoms with Gasteiger partial charge in [0, 0.05) is 0 Å². The number of carbonyl (C=O) groups is 2. The number of Topliss-reactive ketones (excluding diaryl/α,β-unsaturated/α-hetero) is 1. The van der Waals surface area contributed by atoms with Crippen molar-refractivity contribution < 1.29 is 14.3 Å². The Labute approximate surface area is 110 Å². The minimum absolute atomic E-state index is 0.0577. The molecule has 0 N–H and O–H groups in total. The molecule has 4 nitrogen and oxygen atoms in total. The second-order valence-corrected chi connectivity index (χ2v) is 6.01. The highest BCUT2D eigenvalue weighted by Gasteiger charge is 2.54. The highest BCUT2D eigenvalue weighted by atomic mass is 16.6. The van der Waals surface area contributed by atoms with Crippen molar-refractivity contribution in [3.63, 3.8) is 0 Å². The Morgan fingerprint density at radius 1 is 1.22 bits per heavy atom. The molecule has 1 rings (SSSR count). The van der Waals surface area contributed by atoms with E-state index in [0.29, 0.717) is 0 Å². The number of unbranched alkanes of at least 4 members (excludes halogenated alkanes) is 2. The fraction of sp³-hybridized carbons (Fsp3) is 0.857. The predicted octanol–water partition coefficient (Wildman–Crippen LogP) is 3.14. The van der Waals surface area contributed by atoms with Crippen molar-refractivity contribution in [1.29, 1.82) is 0 Å². The van der Waals surface area contributed by atoms with Gasteiger partial charge in [-0.2, -0.15) is 0 Å². The van der Waals surface area contributed by atoms with E-state index in [1.165, 1.54) is 0 Å². The second-order valence-electron chi connectivity index (χ2n) is 6.01. The molecule has 0 aromatic carbocycles. The summed E-state index contributed by atoms with van der Waals surface area (Å²) >= 11 is 0. The maximum atomic E-state index is 11.9. The smallest absolute Gasteiger partial charge is 0.411 e. The summed E-state index contributed by atoms with van der Waals surface area (Å²) in [7, 11) is 0. The minimum atomic E-state index is -0.505. The van der Waals surface area contributed by atoms with Crippen molar-refractivity contribution in [2.75, 3.05) is 0 Å². The minimum Gasteiger partial charge on any atom is -0.444 e. The van der Waals surface area contributed by atoms with E-state index >= 15 is 0 Å². The summed E-state index contributed by atoms with van der Waals surface area (Å²) in [5.41, 5.74) is -0.505. The Morgan fingerprint density at radius 3 is 2.28 bits per heavy atom. The van der Waals surface area contributed by atoms with Crippen LogP contribution in [-0.4, -0.2) is 34.5 Å². The molecule has 4 heteroatoms. The molecular formula is C14H25NO3. The number of ketones is 1. The van der Waals surface area contributed by atoms with Crippen LogP contribution in [0.4, 0.5) is 4.79 Å². The lowest BCUT2D eigenvalue weighted by atomic mass is 10.1. The van der Waals surface area contributed by atoms with Crippen molar-refractivity contribution in [3.05, 3.63) is 0 Å². The zero-order chi connectivity index (χ0) is 13.9. The van der Waals surface area contributed by atoms with Crippen LogP contribution in [-0.2, 0) is 9.53 Å². The quantitative estimate of drug-likeness (QED) is 0.560. The van der Waals surface area contributed by atoms with Gasteiger partial charge in [-0.3, -0.25) is 9.69 Å². The average molecular weight is 255 g/mol. The second kappa shape index (κ2) is 5.72. The zero-order valence-corrected chi connectivity index (χ0v) is 12.2. The first-order valence-corrected chi connectivity index (χ1v) is 6.79. The van der Waals surface area contributed by atoms with Crippen LogP contribution < -0.4 is 0 Å². The number of rotatable bonds is 5. The maximum absolute atomic E-state index is 11.9. The number of nitrogens with zero attached hydrogens (tertiary/aromatic N) is 1. The van der Waals surface area contributed by atoms with Crippen LogP contribution in [0.15, 0.2) is 0 Å². The molecule has 0 unspecified atom stereocenters. The van der Waals surface area contributed by atoms with E-state index in [4.69, 9.17) is 4.74 Å². The molecule has 0 saturated carbocycles. The molecule has 1 heterocycles. The van der Waals surface area contributed by atoms with Gasteiger partial charge in [-0.05, 0) is 34.1 Å². The van der Waals surface area contributed by atoms with Gasteiger partial charge >= 0.3 is 6.09 Å². The summed E-state index contributed by atoms with van der Waals surface area (Å²) in [5, 5.41) is 0. The van der Waals surface area contributed by atoms with Crippen molar-refractivity contribution in [2.24, 2.45) is 0 Å². The average Bonchev–Trinajstić information content (AvgIpc) is 2.90. The summed E-state index contributed by atoms with van der Waals surface area (Å²) in [6.45, 7) is 9.19. The number of ether oxygens (including phenoxy) is 1. The SMILES string of the molecule is CCCCC[C@@H]1[C@@H](C(C)=O)N1C(=O)OC(C)(C)C. The molecule has 0 bridgehead atoms. The zero-order valence-electron chi connectivity index (χ0n) is 12.2. The highest BCUT2D eigenvalue weighted by molar-refractivity contribution is 5.91. The number of carbonyl (C=O) groups excluding carboxylic acids is 2. The molecule has 104 valence electrons. The number of amides is 1. The standard InChI is InChI=1S/C14H25NO3/c1-6-7-8-9-11-12(10(2)16)15(11)13(17)18-14(3,4)5/h11-12H,6-9H2,1-5H3/t11-,12-,15?/m1/s1. The molecule has 0 aliphatic carbocycles. The molecule has 1 fully saturated rings. The molecule has 0 spiro atoms. The van der Waals surface area contributed by atoms with Gasteiger partial charge in [-0.1, -0.05) is 26.2 Å². The Morgan fingerprint density at radius 2 is 1.83 bits per heavy atom. The Balaban J connectivity index is 2.53. The van der Waals surface area contributed by atoms with Crippen LogP contribution in [0.25, 0.3) is 0 Å². The van der Waals surface area contributed by atoms with Gasteiger partial charge in [-0.25, -0.2) is 4.79 Å². The van der Waals surface area contributed by atoms with Crippen molar-refractivity contribution in [2.45, 2.75) is 78.0 Å². The normalized spacial score (nSPS) is 22.8. The van der Waals surface area contributed by atoms with Crippen LogP contribution >= 0.6 is 0 Å². The van der Waals surface area contributed by atoms with Crippen molar-refractivity contribution >= 4 is 11.9 Å². The summed E-state index contributed by atoms with van der Waals surface area (Å²) in [5.74, 6) is 0.0577. The number of hydrogen-bond acceptors (Lipinski definition) is 3. The van der Waals surface area contributed by atoms with E-state index in [-0.39, 0.29) is 24.0 Å². The molecule has 0 aromatic heterocycles. The first-order chi connectivity index (χ1) is 8.28. The first-order valence-electron chi connectivity index (χ1n) is 6.79. The largest absolute Gasteiger partial charge is 0.444 e. The van der Waals surface area contributed by atoms with Crippen molar-refractivity contribution in [1.82, 2.24) is 4.90 Å². The van der Waals surface area contributed by atoms with Crippen molar-refractivity contribution in [3.8, 4) is 0 Å². The fourth-order valence-electron chi connectivity index (χ4n) is 2.21. The summed E-state index contributed by atoms with van der Waals surface area (Å²) < 4.78 is 5.31. The molecule has 0 radical (unpaired) electrons. The molecular weight excluding hydrogens is 230 g/mol. The van der Waals surface area contributed by atoms with Gasteiger partial charge in [-0.15, -0.1) is 0 Å². The molecule has 2 atom stereocenters. The first kappa shape index (κ1) is 15.0. The molecule has 18 heavy (non-hydrogen) atoms. The molecule has 1 saturated heterocycles. The topological polar surface area (TPSA) is 46.4 Å². The van der Waals surface area contributed by atoms with Crippen LogP contribution in [0.5, 0.6) is 0 Å². The van der Waals surface area contributed by atoms with Gasteiger partial charge in [0.05, 0.1) is 6.04 Å².